The number of carbonyl (C=O) groups excluding carboxylic acids is 2. The Kier molecular flexibility index (Phi) is 5.25. The maximum atomic E-state index is 12.9. The van der Waals surface area contributed by atoms with Crippen molar-refractivity contribution in [2.24, 2.45) is 11.3 Å². The van der Waals surface area contributed by atoms with Crippen molar-refractivity contribution in [3.63, 3.8) is 0 Å². The molecule has 1 saturated carbocycles. The van der Waals surface area contributed by atoms with Gasteiger partial charge in [0.15, 0.2) is 18.1 Å². The molecule has 8 heteroatoms. The summed E-state index contributed by atoms with van der Waals surface area (Å²) in [5.41, 5.74) is -0.407. The Balaban J connectivity index is 1.76. The lowest BCUT2D eigenvalue weighted by Gasteiger charge is -2.23. The molecule has 0 spiro atoms. The highest BCUT2D eigenvalue weighted by Crippen LogP contribution is 2.49. The zero-order chi connectivity index (χ0) is 19.6. The maximum Gasteiger partial charge on any atom is 0.311 e. The fraction of sp³-hybridized carbons (Fsp3) is 0.526. The normalized spacial score (nSPS) is 23.6. The number of nitrogens with zero attached hydrogens (tertiary/aromatic N) is 1. The molecule has 1 heterocycles. The van der Waals surface area contributed by atoms with E-state index in [0.717, 1.165) is 12.8 Å². The van der Waals surface area contributed by atoms with Crippen LogP contribution in [0, 0.1) is 11.3 Å². The largest absolute Gasteiger partial charge is 0.493 e. The van der Waals surface area contributed by atoms with Gasteiger partial charge in [-0.05, 0) is 37.0 Å². The number of benzene rings is 1. The van der Waals surface area contributed by atoms with Crippen LogP contribution in [0.5, 0.6) is 11.5 Å². The van der Waals surface area contributed by atoms with Crippen LogP contribution in [0.25, 0.3) is 0 Å². The van der Waals surface area contributed by atoms with Crippen LogP contribution in [0.15, 0.2) is 18.2 Å². The number of aliphatic carboxylic acids is 1. The molecule has 2 fully saturated rings. The van der Waals surface area contributed by atoms with Crippen molar-refractivity contribution in [1.29, 1.82) is 0 Å². The summed E-state index contributed by atoms with van der Waals surface area (Å²) >= 11 is 0. The van der Waals surface area contributed by atoms with Gasteiger partial charge in [0.25, 0.3) is 11.8 Å². The molecule has 2 aliphatic rings. The lowest BCUT2D eigenvalue weighted by molar-refractivity contribution is -0.149. The molecule has 3 rings (SSSR count). The first-order chi connectivity index (χ1) is 12.9. The number of carbonyl (C=O) groups is 3. The van der Waals surface area contributed by atoms with Gasteiger partial charge in [-0.2, -0.15) is 0 Å². The van der Waals surface area contributed by atoms with E-state index in [0.29, 0.717) is 30.0 Å². The van der Waals surface area contributed by atoms with Gasteiger partial charge in [-0.15, -0.1) is 0 Å². The van der Waals surface area contributed by atoms with Gasteiger partial charge in [0, 0.05) is 25.7 Å². The average Bonchev–Trinajstić information content (AvgIpc) is 3.24. The molecular formula is C19H24N2O6. The molecule has 8 nitrogen and oxygen atoms in total. The zero-order valence-electron chi connectivity index (χ0n) is 15.5. The number of ether oxygens (including phenoxy) is 2. The molecule has 1 aromatic rings. The van der Waals surface area contributed by atoms with E-state index < -0.39 is 11.4 Å². The summed E-state index contributed by atoms with van der Waals surface area (Å²) in [5, 5.41) is 12.1. The minimum Gasteiger partial charge on any atom is -0.493 e. The standard InChI is InChI=1S/C19H24N2O6/c1-20-16(22)10-27-14-6-5-12(8-15(14)26-2)17(23)21-9-13-4-3-7-19(13,11-21)18(24)25/h5-6,8,13H,3-4,7,9-11H2,1-2H3,(H,20,22)(H,24,25)/t13-,19+/m0/s1. The van der Waals surface area contributed by atoms with Crippen LogP contribution in [0.3, 0.4) is 0 Å². The van der Waals surface area contributed by atoms with Crippen LogP contribution in [0.4, 0.5) is 0 Å². The first-order valence-corrected chi connectivity index (χ1v) is 8.95. The van der Waals surface area contributed by atoms with Crippen molar-refractivity contribution >= 4 is 17.8 Å². The number of carboxylic acids is 1. The zero-order valence-corrected chi connectivity index (χ0v) is 15.5. The highest BCUT2D eigenvalue weighted by Gasteiger charge is 2.55. The van der Waals surface area contributed by atoms with Crippen LogP contribution in [-0.4, -0.2) is 61.6 Å². The summed E-state index contributed by atoms with van der Waals surface area (Å²) in [6.07, 6.45) is 2.35. The van der Waals surface area contributed by atoms with Gasteiger partial charge in [-0.3, -0.25) is 14.4 Å². The number of rotatable bonds is 6. The third-order valence-corrected chi connectivity index (χ3v) is 5.63. The SMILES string of the molecule is CNC(=O)COc1ccc(C(=O)N2C[C@@H]3CCC[C@@]3(C(=O)O)C2)cc1OC. The van der Waals surface area contributed by atoms with E-state index in [1.165, 1.54) is 14.2 Å². The Hall–Kier alpha value is -2.77. The Labute approximate surface area is 157 Å². The number of carboxylic acid groups (broad SMARTS) is 1. The van der Waals surface area contributed by atoms with Gasteiger partial charge in [-0.25, -0.2) is 0 Å². The molecule has 2 amide bonds. The van der Waals surface area contributed by atoms with Crippen LogP contribution in [0.1, 0.15) is 29.6 Å². The number of fused-ring (bicyclic) bond motifs is 1. The molecule has 2 atom stereocenters. The second kappa shape index (κ2) is 7.46. The molecule has 27 heavy (non-hydrogen) atoms. The van der Waals surface area contributed by atoms with Gasteiger partial charge in [0.05, 0.1) is 12.5 Å². The van der Waals surface area contributed by atoms with Gasteiger partial charge in [-0.1, -0.05) is 6.42 Å². The van der Waals surface area contributed by atoms with Crippen LogP contribution < -0.4 is 14.8 Å². The van der Waals surface area contributed by atoms with Crippen LogP contribution in [-0.2, 0) is 9.59 Å². The van der Waals surface area contributed by atoms with Crippen molar-refractivity contribution in [3.05, 3.63) is 23.8 Å². The van der Waals surface area contributed by atoms with E-state index >= 15 is 0 Å². The van der Waals surface area contributed by atoms with E-state index in [2.05, 4.69) is 5.32 Å². The second-order valence-electron chi connectivity index (χ2n) is 7.06. The van der Waals surface area contributed by atoms with Crippen LogP contribution >= 0.6 is 0 Å². The summed E-state index contributed by atoms with van der Waals surface area (Å²) in [7, 11) is 2.97. The number of nitrogens with one attached hydrogen (secondary N) is 1. The summed E-state index contributed by atoms with van der Waals surface area (Å²) in [6.45, 7) is 0.542. The van der Waals surface area contributed by atoms with E-state index in [1.807, 2.05) is 0 Å². The van der Waals surface area contributed by atoms with Crippen molar-refractivity contribution in [3.8, 4) is 11.5 Å². The number of likely N-dealkylation sites (N-methyl/N-ethyl adjacent to an activating group) is 1. The molecule has 2 N–H and O–H groups in total. The number of hydrogen-bond acceptors (Lipinski definition) is 5. The first-order valence-electron chi connectivity index (χ1n) is 8.95. The van der Waals surface area contributed by atoms with Crippen molar-refractivity contribution in [2.45, 2.75) is 19.3 Å². The highest BCUT2D eigenvalue weighted by molar-refractivity contribution is 5.96. The van der Waals surface area contributed by atoms with Gasteiger partial charge >= 0.3 is 5.97 Å². The van der Waals surface area contributed by atoms with Gasteiger partial charge in [0.2, 0.25) is 0 Å². The summed E-state index contributed by atoms with van der Waals surface area (Å²) in [6, 6.07) is 4.74. The Morgan fingerprint density at radius 1 is 1.33 bits per heavy atom. The average molecular weight is 376 g/mol. The van der Waals surface area contributed by atoms with E-state index in [-0.39, 0.29) is 30.9 Å². The molecule has 1 aromatic carbocycles. The Morgan fingerprint density at radius 2 is 2.11 bits per heavy atom. The van der Waals surface area contributed by atoms with Crippen LogP contribution in [0.2, 0.25) is 0 Å². The molecule has 0 unspecified atom stereocenters. The topological polar surface area (TPSA) is 105 Å². The monoisotopic (exact) mass is 376 g/mol. The molecule has 1 aliphatic heterocycles. The highest BCUT2D eigenvalue weighted by atomic mass is 16.5. The smallest absolute Gasteiger partial charge is 0.311 e. The van der Waals surface area contributed by atoms with Crippen molar-refractivity contribution < 1.29 is 29.0 Å². The number of likely N-dealkylation sites (tertiary alicyclic amines) is 1. The van der Waals surface area contributed by atoms with Crippen molar-refractivity contribution in [1.82, 2.24) is 10.2 Å². The van der Waals surface area contributed by atoms with E-state index in [4.69, 9.17) is 9.47 Å². The second-order valence-corrected chi connectivity index (χ2v) is 7.06. The predicted molar refractivity (Wildman–Crippen MR) is 95.9 cm³/mol. The fourth-order valence-electron chi connectivity index (χ4n) is 4.11. The first kappa shape index (κ1) is 19.0. The minimum atomic E-state index is -0.809. The van der Waals surface area contributed by atoms with Crippen molar-refractivity contribution in [2.75, 3.05) is 33.9 Å². The Bertz CT molecular complexity index is 765. The molecule has 146 valence electrons. The number of amides is 2. The third-order valence-electron chi connectivity index (χ3n) is 5.63. The molecule has 0 bridgehead atoms. The lowest BCUT2D eigenvalue weighted by atomic mass is 9.81. The molecule has 0 aromatic heterocycles. The summed E-state index contributed by atoms with van der Waals surface area (Å²) < 4.78 is 10.7. The molecular weight excluding hydrogens is 352 g/mol. The molecule has 1 aliphatic carbocycles. The lowest BCUT2D eigenvalue weighted by Crippen LogP contribution is -2.37. The summed E-state index contributed by atoms with van der Waals surface area (Å²) in [4.78, 5) is 37.7. The predicted octanol–water partition coefficient (Wildman–Crippen LogP) is 1.15. The quantitative estimate of drug-likeness (QED) is 0.772. The van der Waals surface area contributed by atoms with Gasteiger partial charge < -0.3 is 24.8 Å². The van der Waals surface area contributed by atoms with Gasteiger partial charge in [0.1, 0.15) is 0 Å². The van der Waals surface area contributed by atoms with E-state index in [9.17, 15) is 19.5 Å². The molecule has 1 saturated heterocycles. The van der Waals surface area contributed by atoms with E-state index in [1.54, 1.807) is 23.1 Å². The minimum absolute atomic E-state index is 0.0102. The fourth-order valence-corrected chi connectivity index (χ4v) is 4.11. The Morgan fingerprint density at radius 3 is 2.74 bits per heavy atom. The summed E-state index contributed by atoms with van der Waals surface area (Å²) in [5.74, 6) is -0.595. The number of hydrogen-bond donors (Lipinski definition) is 2. The number of methoxy groups -OCH3 is 1. The molecule has 0 radical (unpaired) electrons. The maximum absolute atomic E-state index is 12.9. The third kappa shape index (κ3) is 3.43.